The number of hydrogen-bond acceptors (Lipinski definition) is 6. The number of carbonyl (C=O) groups excluding carboxylic acids is 1. The normalized spacial score (nSPS) is 12.1. The number of aromatic nitrogens is 4. The van der Waals surface area contributed by atoms with Crippen LogP contribution in [0.5, 0.6) is 0 Å². The van der Waals surface area contributed by atoms with Gasteiger partial charge in [0.15, 0.2) is 5.69 Å². The number of thiophene rings is 1. The molecule has 8 heteroatoms. The van der Waals surface area contributed by atoms with Crippen molar-refractivity contribution in [3.63, 3.8) is 0 Å². The fraction of sp³-hybridized carbons (Fsp3) is 0.273. The first-order valence-electron chi connectivity index (χ1n) is 9.69. The summed E-state index contributed by atoms with van der Waals surface area (Å²) in [4.78, 5) is 17.4. The van der Waals surface area contributed by atoms with E-state index in [-0.39, 0.29) is 11.9 Å². The Bertz CT molecular complexity index is 1130. The highest BCUT2D eigenvalue weighted by atomic mass is 32.1. The van der Waals surface area contributed by atoms with Gasteiger partial charge in [-0.15, -0.1) is 0 Å². The van der Waals surface area contributed by atoms with Crippen molar-refractivity contribution < 1.29 is 9.32 Å². The third kappa shape index (κ3) is 4.33. The van der Waals surface area contributed by atoms with Crippen molar-refractivity contribution in [3.05, 3.63) is 87.0 Å². The molecule has 0 aliphatic rings. The predicted octanol–water partition coefficient (Wildman–Crippen LogP) is 4.01. The van der Waals surface area contributed by atoms with Gasteiger partial charge in [-0.25, -0.2) is 0 Å². The molecule has 0 aliphatic heterocycles. The van der Waals surface area contributed by atoms with Crippen LogP contribution < -0.4 is 5.32 Å². The van der Waals surface area contributed by atoms with Gasteiger partial charge in [0.25, 0.3) is 5.91 Å². The standard InChI is InChI=1S/C22H23N5O2S/c1-14-9-15(2)27(25-14)12-19-16(3)29-26-21(19)22(28)24-20(10-17-6-8-30-13-17)18-5-4-7-23-11-18/h4-9,11,13,20H,10,12H2,1-3H3,(H,24,28). The fourth-order valence-electron chi connectivity index (χ4n) is 3.45. The molecule has 4 heterocycles. The molecule has 4 rings (SSSR count). The summed E-state index contributed by atoms with van der Waals surface area (Å²) in [5, 5.41) is 15.8. The van der Waals surface area contributed by atoms with E-state index in [0.717, 1.165) is 28.1 Å². The number of aryl methyl sites for hydroxylation is 3. The Hall–Kier alpha value is -3.26. The molecule has 1 unspecified atom stereocenters. The molecule has 30 heavy (non-hydrogen) atoms. The molecule has 0 fully saturated rings. The van der Waals surface area contributed by atoms with Crippen LogP contribution in [0.1, 0.15) is 50.4 Å². The van der Waals surface area contributed by atoms with Crippen molar-refractivity contribution in [1.29, 1.82) is 0 Å². The average molecular weight is 422 g/mol. The first kappa shape index (κ1) is 20.0. The minimum Gasteiger partial charge on any atom is -0.361 e. The third-order valence-corrected chi connectivity index (χ3v) is 5.76. The second-order valence-corrected chi connectivity index (χ2v) is 8.08. The summed E-state index contributed by atoms with van der Waals surface area (Å²) in [6.07, 6.45) is 4.17. The van der Waals surface area contributed by atoms with Crippen molar-refractivity contribution in [3.8, 4) is 0 Å². The van der Waals surface area contributed by atoms with Crippen LogP contribution in [-0.4, -0.2) is 25.8 Å². The van der Waals surface area contributed by atoms with Crippen molar-refractivity contribution in [2.45, 2.75) is 39.8 Å². The first-order chi connectivity index (χ1) is 14.5. The van der Waals surface area contributed by atoms with Gasteiger partial charge in [-0.05, 0) is 67.3 Å². The zero-order valence-corrected chi connectivity index (χ0v) is 17.9. The molecule has 1 N–H and O–H groups in total. The highest BCUT2D eigenvalue weighted by Crippen LogP contribution is 2.22. The predicted molar refractivity (Wildman–Crippen MR) is 115 cm³/mol. The van der Waals surface area contributed by atoms with E-state index in [0.29, 0.717) is 24.4 Å². The maximum absolute atomic E-state index is 13.2. The molecular weight excluding hydrogens is 398 g/mol. The van der Waals surface area contributed by atoms with Gasteiger partial charge in [-0.1, -0.05) is 11.2 Å². The second-order valence-electron chi connectivity index (χ2n) is 7.30. The Morgan fingerprint density at radius 2 is 2.17 bits per heavy atom. The van der Waals surface area contributed by atoms with Crippen LogP contribution >= 0.6 is 11.3 Å². The summed E-state index contributed by atoms with van der Waals surface area (Å²) in [6.45, 7) is 6.18. The molecule has 4 aromatic rings. The van der Waals surface area contributed by atoms with Crippen molar-refractivity contribution >= 4 is 17.2 Å². The van der Waals surface area contributed by atoms with E-state index < -0.39 is 0 Å². The van der Waals surface area contributed by atoms with E-state index in [9.17, 15) is 4.79 Å². The van der Waals surface area contributed by atoms with Crippen LogP contribution in [0.25, 0.3) is 0 Å². The van der Waals surface area contributed by atoms with Crippen molar-refractivity contribution in [2.24, 2.45) is 0 Å². The molecule has 0 saturated carbocycles. The summed E-state index contributed by atoms with van der Waals surface area (Å²) in [5.74, 6) is 0.343. The van der Waals surface area contributed by atoms with Gasteiger partial charge >= 0.3 is 0 Å². The zero-order chi connectivity index (χ0) is 21.1. The molecular formula is C22H23N5O2S. The van der Waals surface area contributed by atoms with E-state index in [1.807, 2.05) is 49.0 Å². The number of nitrogens with zero attached hydrogens (tertiary/aromatic N) is 4. The van der Waals surface area contributed by atoms with Gasteiger partial charge in [-0.2, -0.15) is 16.4 Å². The highest BCUT2D eigenvalue weighted by molar-refractivity contribution is 7.07. The molecule has 154 valence electrons. The van der Waals surface area contributed by atoms with Gasteiger partial charge in [-0.3, -0.25) is 14.5 Å². The molecule has 0 radical (unpaired) electrons. The summed E-state index contributed by atoms with van der Waals surface area (Å²) in [5.41, 5.74) is 5.08. The monoisotopic (exact) mass is 421 g/mol. The lowest BCUT2D eigenvalue weighted by Gasteiger charge is -2.18. The lowest BCUT2D eigenvalue weighted by Crippen LogP contribution is -2.31. The van der Waals surface area contributed by atoms with E-state index in [1.165, 1.54) is 0 Å². The first-order valence-corrected chi connectivity index (χ1v) is 10.6. The number of amides is 1. The van der Waals surface area contributed by atoms with Gasteiger partial charge in [0.2, 0.25) is 0 Å². The molecule has 0 aliphatic carbocycles. The molecule has 7 nitrogen and oxygen atoms in total. The van der Waals surface area contributed by atoms with Gasteiger partial charge < -0.3 is 9.84 Å². The maximum Gasteiger partial charge on any atom is 0.274 e. The third-order valence-electron chi connectivity index (χ3n) is 5.02. The molecule has 0 bridgehead atoms. The summed E-state index contributed by atoms with van der Waals surface area (Å²) >= 11 is 1.64. The van der Waals surface area contributed by atoms with Crippen molar-refractivity contribution in [2.75, 3.05) is 0 Å². The van der Waals surface area contributed by atoms with Crippen LogP contribution in [0, 0.1) is 20.8 Å². The second kappa shape index (κ2) is 8.62. The lowest BCUT2D eigenvalue weighted by atomic mass is 10.0. The largest absolute Gasteiger partial charge is 0.361 e. The minimum absolute atomic E-state index is 0.223. The smallest absolute Gasteiger partial charge is 0.274 e. The highest BCUT2D eigenvalue weighted by Gasteiger charge is 2.24. The summed E-state index contributed by atoms with van der Waals surface area (Å²) in [7, 11) is 0. The van der Waals surface area contributed by atoms with E-state index in [4.69, 9.17) is 4.52 Å². The molecule has 4 aromatic heterocycles. The Kier molecular flexibility index (Phi) is 5.76. The Labute approximate surface area is 178 Å². The van der Waals surface area contributed by atoms with E-state index in [1.54, 1.807) is 23.7 Å². The van der Waals surface area contributed by atoms with Crippen LogP contribution in [0.3, 0.4) is 0 Å². The van der Waals surface area contributed by atoms with E-state index in [2.05, 4.69) is 32.0 Å². The van der Waals surface area contributed by atoms with Gasteiger partial charge in [0.1, 0.15) is 5.76 Å². The van der Waals surface area contributed by atoms with Gasteiger partial charge in [0, 0.05) is 23.7 Å². The Morgan fingerprint density at radius 3 is 2.83 bits per heavy atom. The van der Waals surface area contributed by atoms with Crippen LogP contribution in [0.2, 0.25) is 0 Å². The SMILES string of the molecule is Cc1cc(C)n(Cc2c(C(=O)NC(Cc3ccsc3)c3cccnc3)noc2C)n1. The van der Waals surface area contributed by atoms with Crippen LogP contribution in [-0.2, 0) is 13.0 Å². The Balaban J connectivity index is 1.59. The topological polar surface area (TPSA) is 85.8 Å². The zero-order valence-electron chi connectivity index (χ0n) is 17.1. The summed E-state index contributed by atoms with van der Waals surface area (Å²) in [6, 6.07) is 7.68. The number of hydrogen-bond donors (Lipinski definition) is 1. The molecule has 0 spiro atoms. The fourth-order valence-corrected chi connectivity index (χ4v) is 4.13. The molecule has 1 atom stereocenters. The molecule has 0 saturated heterocycles. The number of rotatable bonds is 7. The number of nitrogens with one attached hydrogen (secondary N) is 1. The maximum atomic E-state index is 13.2. The molecule has 1 amide bonds. The Morgan fingerprint density at radius 1 is 1.30 bits per heavy atom. The van der Waals surface area contributed by atoms with Crippen LogP contribution in [0.15, 0.2) is 51.9 Å². The molecule has 0 aromatic carbocycles. The minimum atomic E-state index is -0.271. The number of carbonyl (C=O) groups is 1. The van der Waals surface area contributed by atoms with Crippen LogP contribution in [0.4, 0.5) is 0 Å². The van der Waals surface area contributed by atoms with E-state index >= 15 is 0 Å². The lowest BCUT2D eigenvalue weighted by molar-refractivity contribution is 0.0926. The average Bonchev–Trinajstić information content (AvgIpc) is 3.44. The van der Waals surface area contributed by atoms with Gasteiger partial charge in [0.05, 0.1) is 18.3 Å². The number of pyridine rings is 1. The van der Waals surface area contributed by atoms with Crippen molar-refractivity contribution in [1.82, 2.24) is 25.2 Å². The quantitative estimate of drug-likeness (QED) is 0.487. The summed E-state index contributed by atoms with van der Waals surface area (Å²) < 4.78 is 7.22.